The van der Waals surface area contributed by atoms with Gasteiger partial charge < -0.3 is 15.0 Å². The van der Waals surface area contributed by atoms with E-state index in [1.807, 2.05) is 18.4 Å². The SMILES string of the molecule is CC(C)Cn1c(CCC(N)=O)nnc1SCC(=O)c1ccc(OC(F)F)cc1. The Bertz CT molecular complexity index is 810. The summed E-state index contributed by atoms with van der Waals surface area (Å²) in [6.45, 7) is 1.83. The molecule has 0 saturated carbocycles. The summed E-state index contributed by atoms with van der Waals surface area (Å²) in [5, 5.41) is 8.83. The van der Waals surface area contributed by atoms with Gasteiger partial charge in [-0.05, 0) is 30.2 Å². The first-order chi connectivity index (χ1) is 13.3. The minimum absolute atomic E-state index is 0.00466. The van der Waals surface area contributed by atoms with E-state index in [1.165, 1.54) is 36.0 Å². The zero-order valence-corrected chi connectivity index (χ0v) is 16.4. The predicted octanol–water partition coefficient (Wildman–Crippen LogP) is 2.93. The number of nitrogens with two attached hydrogens (primary N) is 1. The highest BCUT2D eigenvalue weighted by Crippen LogP contribution is 2.22. The van der Waals surface area contributed by atoms with Crippen LogP contribution < -0.4 is 10.5 Å². The number of halogens is 2. The third-order valence-electron chi connectivity index (χ3n) is 3.67. The van der Waals surface area contributed by atoms with E-state index in [2.05, 4.69) is 14.9 Å². The molecule has 0 radical (unpaired) electrons. The van der Waals surface area contributed by atoms with Crippen LogP contribution in [-0.2, 0) is 17.8 Å². The highest BCUT2D eigenvalue weighted by molar-refractivity contribution is 7.99. The van der Waals surface area contributed by atoms with Crippen molar-refractivity contribution in [1.29, 1.82) is 0 Å². The maximum Gasteiger partial charge on any atom is 0.387 e. The van der Waals surface area contributed by atoms with Crippen molar-refractivity contribution < 1.29 is 23.1 Å². The third kappa shape index (κ3) is 6.59. The normalized spacial score (nSPS) is 11.2. The molecule has 10 heteroatoms. The first-order valence-corrected chi connectivity index (χ1v) is 9.66. The maximum absolute atomic E-state index is 12.4. The molecule has 2 aromatic rings. The summed E-state index contributed by atoms with van der Waals surface area (Å²) in [7, 11) is 0. The number of benzene rings is 1. The molecule has 28 heavy (non-hydrogen) atoms. The van der Waals surface area contributed by atoms with Crippen LogP contribution in [0.25, 0.3) is 0 Å². The molecule has 0 bridgehead atoms. The van der Waals surface area contributed by atoms with E-state index >= 15 is 0 Å². The molecule has 1 aromatic heterocycles. The number of carbonyl (C=O) groups excluding carboxylic acids is 2. The number of Topliss-reactive ketones (excluding diaryl/α,β-unsaturated/α-hetero) is 1. The van der Waals surface area contributed by atoms with Crippen LogP contribution in [-0.4, -0.2) is 38.8 Å². The van der Waals surface area contributed by atoms with Crippen LogP contribution >= 0.6 is 11.8 Å². The van der Waals surface area contributed by atoms with Gasteiger partial charge in [-0.3, -0.25) is 9.59 Å². The van der Waals surface area contributed by atoms with Gasteiger partial charge in [-0.25, -0.2) is 0 Å². The van der Waals surface area contributed by atoms with Crippen LogP contribution in [0.5, 0.6) is 5.75 Å². The zero-order chi connectivity index (χ0) is 20.7. The Kier molecular flexibility index (Phi) is 7.91. The van der Waals surface area contributed by atoms with Crippen molar-refractivity contribution >= 4 is 23.5 Å². The van der Waals surface area contributed by atoms with Gasteiger partial charge in [-0.1, -0.05) is 25.6 Å². The molecule has 2 N–H and O–H groups in total. The van der Waals surface area contributed by atoms with Gasteiger partial charge in [-0.2, -0.15) is 8.78 Å². The van der Waals surface area contributed by atoms with Gasteiger partial charge in [0.1, 0.15) is 11.6 Å². The van der Waals surface area contributed by atoms with Crippen LogP contribution in [0.3, 0.4) is 0 Å². The molecular formula is C18H22F2N4O3S. The topological polar surface area (TPSA) is 100 Å². The van der Waals surface area contributed by atoms with Crippen LogP contribution in [0.15, 0.2) is 29.4 Å². The lowest BCUT2D eigenvalue weighted by molar-refractivity contribution is -0.118. The minimum atomic E-state index is -2.91. The summed E-state index contributed by atoms with van der Waals surface area (Å²) in [4.78, 5) is 23.4. The average molecular weight is 412 g/mol. The Hall–Kier alpha value is -2.49. The van der Waals surface area contributed by atoms with E-state index in [0.29, 0.717) is 35.4 Å². The minimum Gasteiger partial charge on any atom is -0.435 e. The molecular weight excluding hydrogens is 390 g/mol. The zero-order valence-electron chi connectivity index (χ0n) is 15.6. The number of rotatable bonds is 11. The van der Waals surface area contributed by atoms with Gasteiger partial charge >= 0.3 is 6.61 Å². The monoisotopic (exact) mass is 412 g/mol. The van der Waals surface area contributed by atoms with Crippen LogP contribution in [0, 0.1) is 5.92 Å². The smallest absolute Gasteiger partial charge is 0.387 e. The summed E-state index contributed by atoms with van der Waals surface area (Å²) in [6.07, 6.45) is 0.558. The van der Waals surface area contributed by atoms with E-state index in [0.717, 1.165) is 0 Å². The van der Waals surface area contributed by atoms with E-state index in [1.54, 1.807) is 0 Å². The van der Waals surface area contributed by atoms with Crippen LogP contribution in [0.1, 0.15) is 36.5 Å². The second kappa shape index (κ2) is 10.2. The molecule has 0 aliphatic carbocycles. The second-order valence-corrected chi connectivity index (χ2v) is 7.43. The molecule has 0 spiro atoms. The second-order valence-electron chi connectivity index (χ2n) is 6.48. The van der Waals surface area contributed by atoms with Crippen LogP contribution in [0.4, 0.5) is 8.78 Å². The number of alkyl halides is 2. The third-order valence-corrected chi connectivity index (χ3v) is 4.64. The van der Waals surface area contributed by atoms with Gasteiger partial charge in [0.2, 0.25) is 5.91 Å². The number of primary amides is 1. The number of ketones is 1. The molecule has 152 valence electrons. The van der Waals surface area contributed by atoms with Gasteiger partial charge in [0.15, 0.2) is 10.9 Å². The summed E-state index contributed by atoms with van der Waals surface area (Å²) < 4.78 is 30.5. The fourth-order valence-electron chi connectivity index (χ4n) is 2.43. The summed E-state index contributed by atoms with van der Waals surface area (Å²) in [5.41, 5.74) is 5.59. The molecule has 1 aromatic carbocycles. The molecule has 0 aliphatic rings. The average Bonchev–Trinajstić information content (AvgIpc) is 2.99. The lowest BCUT2D eigenvalue weighted by Gasteiger charge is -2.12. The van der Waals surface area contributed by atoms with Gasteiger partial charge in [0, 0.05) is 24.9 Å². The highest BCUT2D eigenvalue weighted by atomic mass is 32.2. The number of carbonyl (C=O) groups is 2. The number of aromatic nitrogens is 3. The fourth-order valence-corrected chi connectivity index (χ4v) is 3.29. The maximum atomic E-state index is 12.4. The number of thioether (sulfide) groups is 1. The van der Waals surface area contributed by atoms with Gasteiger partial charge in [-0.15, -0.1) is 10.2 Å². The quantitative estimate of drug-likeness (QED) is 0.450. The van der Waals surface area contributed by atoms with Crippen molar-refractivity contribution in [1.82, 2.24) is 14.8 Å². The Labute approximate surface area is 165 Å². The lowest BCUT2D eigenvalue weighted by atomic mass is 10.1. The molecule has 1 amide bonds. The molecule has 0 fully saturated rings. The Balaban J connectivity index is 2.04. The number of hydrogen-bond donors (Lipinski definition) is 1. The number of hydrogen-bond acceptors (Lipinski definition) is 6. The highest BCUT2D eigenvalue weighted by Gasteiger charge is 2.16. The molecule has 1 heterocycles. The standard InChI is InChI=1S/C18H22F2N4O3S/c1-11(2)9-24-16(8-7-15(21)26)22-23-18(24)28-10-14(25)12-3-5-13(6-4-12)27-17(19)20/h3-6,11,17H,7-10H2,1-2H3,(H2,21,26). The van der Waals surface area contributed by atoms with Crippen LogP contribution in [0.2, 0.25) is 0 Å². The number of nitrogens with zero attached hydrogens (tertiary/aromatic N) is 3. The van der Waals surface area contributed by atoms with E-state index in [4.69, 9.17) is 5.73 Å². The molecule has 0 atom stereocenters. The largest absolute Gasteiger partial charge is 0.435 e. The van der Waals surface area contributed by atoms with Gasteiger partial charge in [0.25, 0.3) is 0 Å². The first-order valence-electron chi connectivity index (χ1n) is 8.67. The van der Waals surface area contributed by atoms with Crippen molar-refractivity contribution in [3.05, 3.63) is 35.7 Å². The van der Waals surface area contributed by atoms with E-state index in [-0.39, 0.29) is 23.7 Å². The molecule has 0 unspecified atom stereocenters. The van der Waals surface area contributed by atoms with Crippen molar-refractivity contribution in [2.75, 3.05) is 5.75 Å². The lowest BCUT2D eigenvalue weighted by Crippen LogP contribution is -2.15. The summed E-state index contributed by atoms with van der Waals surface area (Å²) in [6, 6.07) is 5.54. The number of ether oxygens (including phenoxy) is 1. The summed E-state index contributed by atoms with van der Waals surface area (Å²) in [5.74, 6) is 0.488. The summed E-state index contributed by atoms with van der Waals surface area (Å²) >= 11 is 1.23. The molecule has 2 rings (SSSR count). The fraction of sp³-hybridized carbons (Fsp3) is 0.444. The van der Waals surface area contributed by atoms with Gasteiger partial charge in [0.05, 0.1) is 5.75 Å². The molecule has 0 aliphatic heterocycles. The molecule has 7 nitrogen and oxygen atoms in total. The molecule has 0 saturated heterocycles. The number of aryl methyl sites for hydroxylation is 1. The van der Waals surface area contributed by atoms with Crippen molar-refractivity contribution in [3.8, 4) is 5.75 Å². The number of amides is 1. The van der Waals surface area contributed by atoms with Crippen molar-refractivity contribution in [3.63, 3.8) is 0 Å². The Morgan fingerprint density at radius 2 is 1.89 bits per heavy atom. The predicted molar refractivity (Wildman–Crippen MR) is 101 cm³/mol. The van der Waals surface area contributed by atoms with Crippen molar-refractivity contribution in [2.24, 2.45) is 11.7 Å². The Morgan fingerprint density at radius 3 is 2.46 bits per heavy atom. The Morgan fingerprint density at radius 1 is 1.21 bits per heavy atom. The first kappa shape index (κ1) is 21.8. The van der Waals surface area contributed by atoms with E-state index in [9.17, 15) is 18.4 Å². The van der Waals surface area contributed by atoms with E-state index < -0.39 is 12.5 Å². The van der Waals surface area contributed by atoms with Crippen molar-refractivity contribution in [2.45, 2.75) is 45.0 Å².